The van der Waals surface area contributed by atoms with Crippen LogP contribution in [-0.2, 0) is 13.5 Å². The average Bonchev–Trinajstić information content (AvgIpc) is 2.65. The Bertz CT molecular complexity index is 688. The van der Waals surface area contributed by atoms with E-state index < -0.39 is 0 Å². The molecular formula is C15H18N4OS. The van der Waals surface area contributed by atoms with E-state index in [0.29, 0.717) is 17.0 Å². The van der Waals surface area contributed by atoms with Gasteiger partial charge in [0.2, 0.25) is 0 Å². The fourth-order valence-corrected chi connectivity index (χ4v) is 2.37. The van der Waals surface area contributed by atoms with Crippen LogP contribution in [0.2, 0.25) is 0 Å². The minimum absolute atomic E-state index is 0.153. The smallest absolute Gasteiger partial charge is 0.259 e. The van der Waals surface area contributed by atoms with Crippen LogP contribution in [0.3, 0.4) is 0 Å². The molecule has 110 valence electrons. The number of hydrogen-bond donors (Lipinski definition) is 2. The van der Waals surface area contributed by atoms with Gasteiger partial charge in [0, 0.05) is 24.8 Å². The van der Waals surface area contributed by atoms with Crippen LogP contribution in [-0.4, -0.2) is 20.7 Å². The van der Waals surface area contributed by atoms with E-state index in [4.69, 9.17) is 18.0 Å². The second kappa shape index (κ2) is 6.05. The Hall–Kier alpha value is -2.21. The summed E-state index contributed by atoms with van der Waals surface area (Å²) >= 11 is 4.87. The van der Waals surface area contributed by atoms with Crippen molar-refractivity contribution in [2.75, 3.05) is 5.32 Å². The number of benzene rings is 1. The number of rotatable bonds is 4. The molecule has 0 atom stereocenters. The SMILES string of the molecule is Cc1nn(C)c(C)c1C(=O)Nc1ccc(CC(N)=S)cc1. The fraction of sp³-hybridized carbons (Fsp3) is 0.267. The minimum atomic E-state index is -0.153. The second-order valence-corrected chi connectivity index (χ2v) is 5.49. The summed E-state index contributed by atoms with van der Waals surface area (Å²) in [5.74, 6) is -0.153. The molecule has 1 heterocycles. The number of aromatic nitrogens is 2. The molecule has 0 fully saturated rings. The van der Waals surface area contributed by atoms with Crippen LogP contribution in [0.15, 0.2) is 24.3 Å². The predicted molar refractivity (Wildman–Crippen MR) is 87.6 cm³/mol. The third-order valence-electron chi connectivity index (χ3n) is 3.33. The molecular weight excluding hydrogens is 284 g/mol. The molecule has 0 saturated carbocycles. The maximum atomic E-state index is 12.3. The highest BCUT2D eigenvalue weighted by atomic mass is 32.1. The van der Waals surface area contributed by atoms with Gasteiger partial charge in [-0.1, -0.05) is 24.4 Å². The van der Waals surface area contributed by atoms with Gasteiger partial charge in [-0.05, 0) is 31.5 Å². The summed E-state index contributed by atoms with van der Waals surface area (Å²) in [5, 5.41) is 7.13. The van der Waals surface area contributed by atoms with Crippen molar-refractivity contribution < 1.29 is 4.79 Å². The molecule has 1 amide bonds. The number of hydrogen-bond acceptors (Lipinski definition) is 3. The number of aryl methyl sites for hydroxylation is 2. The summed E-state index contributed by atoms with van der Waals surface area (Å²) in [4.78, 5) is 12.8. The predicted octanol–water partition coefficient (Wildman–Crippen LogP) is 2.12. The third-order valence-corrected chi connectivity index (χ3v) is 3.47. The van der Waals surface area contributed by atoms with E-state index in [2.05, 4.69) is 10.4 Å². The first kappa shape index (κ1) is 15.2. The van der Waals surface area contributed by atoms with Gasteiger partial charge in [-0.3, -0.25) is 9.48 Å². The lowest BCUT2D eigenvalue weighted by Gasteiger charge is -2.07. The number of nitrogens with one attached hydrogen (secondary N) is 1. The Balaban J connectivity index is 2.14. The van der Waals surface area contributed by atoms with Gasteiger partial charge in [-0.25, -0.2) is 0 Å². The summed E-state index contributed by atoms with van der Waals surface area (Å²) in [5.41, 5.74) is 9.44. The number of anilines is 1. The van der Waals surface area contributed by atoms with Crippen LogP contribution in [0.4, 0.5) is 5.69 Å². The molecule has 6 heteroatoms. The van der Waals surface area contributed by atoms with E-state index in [1.807, 2.05) is 45.2 Å². The van der Waals surface area contributed by atoms with Crippen LogP contribution in [0, 0.1) is 13.8 Å². The first-order chi connectivity index (χ1) is 9.88. The first-order valence-corrected chi connectivity index (χ1v) is 6.98. The van der Waals surface area contributed by atoms with Gasteiger partial charge in [0.15, 0.2) is 0 Å². The average molecular weight is 302 g/mol. The van der Waals surface area contributed by atoms with Crippen LogP contribution in [0.25, 0.3) is 0 Å². The highest BCUT2D eigenvalue weighted by molar-refractivity contribution is 7.80. The van der Waals surface area contributed by atoms with Crippen LogP contribution in [0.5, 0.6) is 0 Å². The zero-order chi connectivity index (χ0) is 15.6. The molecule has 0 aliphatic carbocycles. The number of carbonyl (C=O) groups excluding carboxylic acids is 1. The summed E-state index contributed by atoms with van der Waals surface area (Å²) in [6, 6.07) is 7.48. The summed E-state index contributed by atoms with van der Waals surface area (Å²) in [6.07, 6.45) is 0.560. The molecule has 0 saturated heterocycles. The Kier molecular flexibility index (Phi) is 4.37. The van der Waals surface area contributed by atoms with Crippen molar-refractivity contribution in [3.63, 3.8) is 0 Å². The van der Waals surface area contributed by atoms with Crippen molar-refractivity contribution in [3.05, 3.63) is 46.8 Å². The monoisotopic (exact) mass is 302 g/mol. The molecule has 3 N–H and O–H groups in total. The van der Waals surface area contributed by atoms with E-state index in [1.54, 1.807) is 4.68 Å². The lowest BCUT2D eigenvalue weighted by molar-refractivity contribution is 0.102. The molecule has 2 aromatic rings. The van der Waals surface area contributed by atoms with Crippen molar-refractivity contribution in [2.45, 2.75) is 20.3 Å². The van der Waals surface area contributed by atoms with Crippen molar-refractivity contribution in [2.24, 2.45) is 12.8 Å². The van der Waals surface area contributed by atoms with E-state index >= 15 is 0 Å². The van der Waals surface area contributed by atoms with Gasteiger partial charge in [-0.15, -0.1) is 0 Å². The number of nitrogens with two attached hydrogens (primary N) is 1. The van der Waals surface area contributed by atoms with E-state index in [9.17, 15) is 4.79 Å². The van der Waals surface area contributed by atoms with Gasteiger partial charge in [-0.2, -0.15) is 5.10 Å². The third kappa shape index (κ3) is 3.46. The topological polar surface area (TPSA) is 72.9 Å². The summed E-state index contributed by atoms with van der Waals surface area (Å²) < 4.78 is 1.70. The minimum Gasteiger partial charge on any atom is -0.393 e. The molecule has 0 aliphatic rings. The van der Waals surface area contributed by atoms with Crippen molar-refractivity contribution in [3.8, 4) is 0 Å². The van der Waals surface area contributed by atoms with Crippen LogP contribution < -0.4 is 11.1 Å². The molecule has 0 aliphatic heterocycles. The van der Waals surface area contributed by atoms with E-state index in [-0.39, 0.29) is 5.91 Å². The fourth-order valence-electron chi connectivity index (χ4n) is 2.20. The largest absolute Gasteiger partial charge is 0.393 e. The van der Waals surface area contributed by atoms with Crippen molar-refractivity contribution >= 4 is 28.8 Å². The quantitative estimate of drug-likeness (QED) is 0.849. The van der Waals surface area contributed by atoms with Gasteiger partial charge in [0.05, 0.1) is 16.2 Å². The van der Waals surface area contributed by atoms with Crippen LogP contribution in [0.1, 0.15) is 27.3 Å². The number of nitrogens with zero attached hydrogens (tertiary/aromatic N) is 2. The maximum absolute atomic E-state index is 12.3. The lowest BCUT2D eigenvalue weighted by Crippen LogP contribution is -2.14. The number of amides is 1. The zero-order valence-electron chi connectivity index (χ0n) is 12.3. The Morgan fingerprint density at radius 3 is 2.43 bits per heavy atom. The summed E-state index contributed by atoms with van der Waals surface area (Å²) in [7, 11) is 1.82. The van der Waals surface area contributed by atoms with Crippen LogP contribution >= 0.6 is 12.2 Å². The van der Waals surface area contributed by atoms with Gasteiger partial charge in [0.25, 0.3) is 5.91 Å². The molecule has 1 aromatic carbocycles. The molecule has 0 unspecified atom stereocenters. The zero-order valence-corrected chi connectivity index (χ0v) is 13.1. The Morgan fingerprint density at radius 1 is 1.33 bits per heavy atom. The maximum Gasteiger partial charge on any atom is 0.259 e. The van der Waals surface area contributed by atoms with E-state index in [1.165, 1.54) is 0 Å². The number of carbonyl (C=O) groups is 1. The second-order valence-electron chi connectivity index (χ2n) is 4.96. The van der Waals surface area contributed by atoms with Gasteiger partial charge >= 0.3 is 0 Å². The van der Waals surface area contributed by atoms with Gasteiger partial charge in [0.1, 0.15) is 0 Å². The molecule has 1 aromatic heterocycles. The standard InChI is InChI=1S/C15H18N4OS/c1-9-14(10(2)19(3)18-9)15(20)17-12-6-4-11(5-7-12)8-13(16)21/h4-7H,8H2,1-3H3,(H2,16,21)(H,17,20). The normalized spacial score (nSPS) is 10.4. The highest BCUT2D eigenvalue weighted by Crippen LogP contribution is 2.16. The molecule has 0 bridgehead atoms. The van der Waals surface area contributed by atoms with E-state index in [0.717, 1.165) is 22.6 Å². The van der Waals surface area contributed by atoms with Crippen molar-refractivity contribution in [1.29, 1.82) is 0 Å². The lowest BCUT2D eigenvalue weighted by atomic mass is 10.1. The number of thiocarbonyl (C=S) groups is 1. The Labute approximate surface area is 129 Å². The molecule has 0 spiro atoms. The Morgan fingerprint density at radius 2 is 1.95 bits per heavy atom. The van der Waals surface area contributed by atoms with Gasteiger partial charge < -0.3 is 11.1 Å². The molecule has 5 nitrogen and oxygen atoms in total. The molecule has 0 radical (unpaired) electrons. The first-order valence-electron chi connectivity index (χ1n) is 6.57. The summed E-state index contributed by atoms with van der Waals surface area (Å²) in [6.45, 7) is 3.70. The molecule has 21 heavy (non-hydrogen) atoms. The molecule has 2 rings (SSSR count). The highest BCUT2D eigenvalue weighted by Gasteiger charge is 2.17. The van der Waals surface area contributed by atoms with Crippen molar-refractivity contribution in [1.82, 2.24) is 9.78 Å².